The van der Waals surface area contributed by atoms with Crippen LogP contribution in [0.4, 0.5) is 5.69 Å². The molecule has 1 spiro atoms. The van der Waals surface area contributed by atoms with Crippen molar-refractivity contribution in [3.8, 4) is 6.07 Å². The second kappa shape index (κ2) is 7.08. The Labute approximate surface area is 192 Å². The fraction of sp³-hybridized carbons (Fsp3) is 0.296. The highest BCUT2D eigenvalue weighted by molar-refractivity contribution is 6.20. The summed E-state index contributed by atoms with van der Waals surface area (Å²) in [5.74, 6) is -0.232. The number of benzene rings is 2. The lowest BCUT2D eigenvalue weighted by Gasteiger charge is -2.41. The van der Waals surface area contributed by atoms with Gasteiger partial charge in [-0.1, -0.05) is 61.9 Å². The second-order valence-electron chi connectivity index (χ2n) is 9.84. The first kappa shape index (κ1) is 21.0. The van der Waals surface area contributed by atoms with E-state index in [1.807, 2.05) is 69.3 Å². The maximum Gasteiger partial charge on any atom is 0.248 e. The number of hydrogen-bond acceptors (Lipinski definition) is 5. The van der Waals surface area contributed by atoms with Crippen molar-refractivity contribution < 1.29 is 14.3 Å². The molecule has 166 valence electrons. The monoisotopic (exact) mass is 439 g/mol. The summed E-state index contributed by atoms with van der Waals surface area (Å²) in [6, 6.07) is 17.4. The van der Waals surface area contributed by atoms with Crippen LogP contribution in [0.15, 0.2) is 71.3 Å². The predicted molar refractivity (Wildman–Crippen MR) is 123 cm³/mol. The highest BCUT2D eigenvalue weighted by Crippen LogP contribution is 2.57. The Morgan fingerprint density at radius 2 is 1.79 bits per heavy atom. The van der Waals surface area contributed by atoms with Gasteiger partial charge in [0.2, 0.25) is 11.8 Å². The molecular formula is C27H25N3O3. The summed E-state index contributed by atoms with van der Waals surface area (Å²) in [6.07, 6.45) is 0.728. The van der Waals surface area contributed by atoms with Gasteiger partial charge in [0.1, 0.15) is 22.8 Å². The number of Topliss-reactive ketones (excluding diaryl/α,β-unsaturated/α-hetero) is 1. The van der Waals surface area contributed by atoms with Gasteiger partial charge in [-0.2, -0.15) is 5.26 Å². The molecule has 0 saturated carbocycles. The average molecular weight is 440 g/mol. The van der Waals surface area contributed by atoms with E-state index in [0.717, 1.165) is 11.1 Å². The number of ketones is 1. The number of amides is 1. The third-order valence-corrected chi connectivity index (χ3v) is 6.80. The first-order valence-corrected chi connectivity index (χ1v) is 11.0. The zero-order valence-corrected chi connectivity index (χ0v) is 18.9. The van der Waals surface area contributed by atoms with Crippen molar-refractivity contribution >= 4 is 17.4 Å². The van der Waals surface area contributed by atoms with E-state index < -0.39 is 5.41 Å². The lowest BCUT2D eigenvalue weighted by atomic mass is 9.62. The van der Waals surface area contributed by atoms with Crippen LogP contribution >= 0.6 is 0 Å². The fourth-order valence-electron chi connectivity index (χ4n) is 5.37. The maximum absolute atomic E-state index is 14.3. The van der Waals surface area contributed by atoms with Crippen LogP contribution in [0.5, 0.6) is 0 Å². The molecule has 2 heterocycles. The SMILES string of the molecule is Cc1ccc(CN2C(=O)[C@]3(C(C#N)=C(N)OC4=C3C(=O)CC(C)(C)C4)c3ccccc32)cc1. The fourth-order valence-corrected chi connectivity index (χ4v) is 5.37. The minimum atomic E-state index is -1.58. The van der Waals surface area contributed by atoms with Crippen LogP contribution < -0.4 is 10.6 Å². The molecule has 1 amide bonds. The van der Waals surface area contributed by atoms with E-state index in [1.165, 1.54) is 0 Å². The highest BCUT2D eigenvalue weighted by Gasteiger charge is 2.62. The van der Waals surface area contributed by atoms with Crippen molar-refractivity contribution in [2.24, 2.45) is 11.1 Å². The van der Waals surface area contributed by atoms with Crippen LogP contribution in [-0.2, 0) is 26.3 Å². The van der Waals surface area contributed by atoms with E-state index in [4.69, 9.17) is 10.5 Å². The number of fused-ring (bicyclic) bond motifs is 3. The number of carbonyl (C=O) groups excluding carboxylic acids is 2. The van der Waals surface area contributed by atoms with E-state index in [2.05, 4.69) is 6.07 Å². The normalized spacial score (nSPS) is 23.4. The average Bonchev–Trinajstić information content (AvgIpc) is 2.98. The number of aryl methyl sites for hydroxylation is 1. The molecule has 2 aromatic rings. The molecule has 6 nitrogen and oxygen atoms in total. The molecule has 33 heavy (non-hydrogen) atoms. The number of para-hydroxylation sites is 1. The highest BCUT2D eigenvalue weighted by atomic mass is 16.5. The van der Waals surface area contributed by atoms with E-state index in [9.17, 15) is 14.9 Å². The number of nitrogens with two attached hydrogens (primary N) is 1. The predicted octanol–water partition coefficient (Wildman–Crippen LogP) is 4.15. The lowest BCUT2D eigenvalue weighted by molar-refractivity contribution is -0.125. The smallest absolute Gasteiger partial charge is 0.248 e. The number of rotatable bonds is 2. The van der Waals surface area contributed by atoms with Gasteiger partial charge in [0, 0.05) is 24.1 Å². The molecule has 0 unspecified atom stereocenters. The van der Waals surface area contributed by atoms with E-state index in [-0.39, 0.29) is 40.6 Å². The van der Waals surface area contributed by atoms with Crippen LogP contribution in [0.25, 0.3) is 0 Å². The van der Waals surface area contributed by atoms with Crippen molar-refractivity contribution in [1.29, 1.82) is 5.26 Å². The topological polar surface area (TPSA) is 96.4 Å². The summed E-state index contributed by atoms with van der Waals surface area (Å²) in [7, 11) is 0. The molecule has 0 fully saturated rings. The van der Waals surface area contributed by atoms with Crippen molar-refractivity contribution in [1.82, 2.24) is 0 Å². The Morgan fingerprint density at radius 3 is 2.48 bits per heavy atom. The Balaban J connectivity index is 1.76. The van der Waals surface area contributed by atoms with Gasteiger partial charge >= 0.3 is 0 Å². The standard InChI is InChI=1S/C27H25N3O3/c1-16-8-10-17(11-9-16)15-30-20-7-5-4-6-18(20)27(25(30)32)19(14-28)24(29)33-22-13-26(2,3)12-21(31)23(22)27/h4-11H,12-13,15,29H2,1-3H3/t27-/m0/s1. The number of ether oxygens (including phenoxy) is 1. The maximum atomic E-state index is 14.3. The summed E-state index contributed by atoms with van der Waals surface area (Å²) in [4.78, 5) is 29.5. The van der Waals surface area contributed by atoms with Gasteiger partial charge in [-0.3, -0.25) is 9.59 Å². The molecule has 1 atom stereocenters. The Morgan fingerprint density at radius 1 is 1.09 bits per heavy atom. The molecule has 0 radical (unpaired) electrons. The second-order valence-corrected chi connectivity index (χ2v) is 9.84. The van der Waals surface area contributed by atoms with Gasteiger partial charge in [-0.15, -0.1) is 0 Å². The third kappa shape index (κ3) is 2.92. The van der Waals surface area contributed by atoms with Crippen molar-refractivity contribution in [2.75, 3.05) is 4.90 Å². The molecule has 0 bridgehead atoms. The number of allylic oxidation sites excluding steroid dienone is 1. The molecule has 0 aromatic heterocycles. The summed E-state index contributed by atoms with van der Waals surface area (Å²) in [5.41, 5.74) is 7.93. The van der Waals surface area contributed by atoms with Crippen molar-refractivity contribution in [3.63, 3.8) is 0 Å². The lowest BCUT2D eigenvalue weighted by Crippen LogP contribution is -2.50. The molecule has 2 aromatic carbocycles. The first-order chi connectivity index (χ1) is 15.7. The molecule has 3 aliphatic rings. The minimum Gasteiger partial charge on any atom is -0.444 e. The molecule has 1 aliphatic carbocycles. The summed E-state index contributed by atoms with van der Waals surface area (Å²) < 4.78 is 5.84. The van der Waals surface area contributed by atoms with Gasteiger partial charge in [-0.05, 0) is 24.0 Å². The molecule has 2 N–H and O–H groups in total. The van der Waals surface area contributed by atoms with Crippen LogP contribution in [0.1, 0.15) is 43.4 Å². The molecule has 5 rings (SSSR count). The summed E-state index contributed by atoms with van der Waals surface area (Å²) >= 11 is 0. The Hall–Kier alpha value is -3.85. The zero-order chi connectivity index (χ0) is 23.5. The van der Waals surface area contributed by atoms with Gasteiger partial charge in [0.15, 0.2) is 5.78 Å². The Bertz CT molecular complexity index is 1310. The van der Waals surface area contributed by atoms with E-state index in [1.54, 1.807) is 4.90 Å². The number of carbonyl (C=O) groups is 2. The Kier molecular flexibility index (Phi) is 4.51. The van der Waals surface area contributed by atoms with Crippen molar-refractivity contribution in [3.05, 3.63) is 88.0 Å². The largest absolute Gasteiger partial charge is 0.444 e. The number of anilines is 1. The van der Waals surface area contributed by atoms with Crippen LogP contribution in [0.2, 0.25) is 0 Å². The zero-order valence-electron chi connectivity index (χ0n) is 18.9. The van der Waals surface area contributed by atoms with Gasteiger partial charge in [0.05, 0.1) is 12.1 Å². The van der Waals surface area contributed by atoms with Gasteiger partial charge < -0.3 is 15.4 Å². The van der Waals surface area contributed by atoms with E-state index in [0.29, 0.717) is 30.0 Å². The molecule has 2 aliphatic heterocycles. The number of nitrogens with zero attached hydrogens (tertiary/aromatic N) is 2. The number of nitriles is 1. The minimum absolute atomic E-state index is 0.0156. The molecule has 0 saturated heterocycles. The molecular weight excluding hydrogens is 414 g/mol. The van der Waals surface area contributed by atoms with Gasteiger partial charge in [0.25, 0.3) is 0 Å². The van der Waals surface area contributed by atoms with Crippen LogP contribution in [0.3, 0.4) is 0 Å². The quantitative estimate of drug-likeness (QED) is 0.758. The van der Waals surface area contributed by atoms with Crippen molar-refractivity contribution in [2.45, 2.75) is 45.6 Å². The van der Waals surface area contributed by atoms with Crippen LogP contribution in [-0.4, -0.2) is 11.7 Å². The van der Waals surface area contributed by atoms with Crippen LogP contribution in [0, 0.1) is 23.7 Å². The van der Waals surface area contributed by atoms with Gasteiger partial charge in [-0.25, -0.2) is 0 Å². The molecule has 6 heteroatoms. The van der Waals surface area contributed by atoms with E-state index >= 15 is 0 Å². The summed E-state index contributed by atoms with van der Waals surface area (Å²) in [6.45, 7) is 6.30. The third-order valence-electron chi connectivity index (χ3n) is 6.80. The first-order valence-electron chi connectivity index (χ1n) is 11.0. The number of hydrogen-bond donors (Lipinski definition) is 1. The summed E-state index contributed by atoms with van der Waals surface area (Å²) in [5, 5.41) is 10.1.